The van der Waals surface area contributed by atoms with Crippen molar-refractivity contribution in [2.24, 2.45) is 0 Å². The van der Waals surface area contributed by atoms with Crippen molar-refractivity contribution in [2.45, 2.75) is 65.2 Å². The lowest BCUT2D eigenvalue weighted by Crippen LogP contribution is -2.48. The smallest absolute Gasteiger partial charge is 0.410 e. The number of nitrogen functional groups attached to an aromatic ring is 1. The minimum Gasteiger partial charge on any atom is -0.489 e. The molecule has 1 aliphatic rings. The monoisotopic (exact) mass is 391 g/mol. The Hall–Kier alpha value is -2.44. The first-order valence-electron chi connectivity index (χ1n) is 9.79. The minimum absolute atomic E-state index is 0.0184. The molecular weight excluding hydrogens is 358 g/mol. The highest BCUT2D eigenvalue weighted by Gasteiger charge is 2.30. The van der Waals surface area contributed by atoms with Crippen molar-refractivity contribution >= 4 is 17.7 Å². The van der Waals surface area contributed by atoms with E-state index in [-0.39, 0.29) is 24.1 Å². The molecule has 2 amide bonds. The summed E-state index contributed by atoms with van der Waals surface area (Å²) >= 11 is 0. The van der Waals surface area contributed by atoms with Gasteiger partial charge in [0.05, 0.1) is 11.8 Å². The second kappa shape index (κ2) is 8.71. The van der Waals surface area contributed by atoms with Gasteiger partial charge in [0.2, 0.25) is 0 Å². The maximum absolute atomic E-state index is 12.8. The molecule has 1 heterocycles. The number of carbonyl (C=O) groups excluding carboxylic acids is 2. The SMILES string of the molecule is CC(C)Oc1ccc(C(=O)N2CCC(N(C)C(=O)OC(C)(C)C)CC2)cc1N. The minimum atomic E-state index is -0.520. The summed E-state index contributed by atoms with van der Waals surface area (Å²) in [6.45, 7) is 10.6. The van der Waals surface area contributed by atoms with Gasteiger partial charge in [-0.15, -0.1) is 0 Å². The summed E-state index contributed by atoms with van der Waals surface area (Å²) in [6.07, 6.45) is 1.12. The van der Waals surface area contributed by atoms with Crippen LogP contribution in [0.25, 0.3) is 0 Å². The van der Waals surface area contributed by atoms with Crippen LogP contribution in [0.5, 0.6) is 5.75 Å². The van der Waals surface area contributed by atoms with E-state index in [2.05, 4.69) is 0 Å². The first-order valence-corrected chi connectivity index (χ1v) is 9.79. The molecule has 7 nitrogen and oxygen atoms in total. The highest BCUT2D eigenvalue weighted by molar-refractivity contribution is 5.95. The first kappa shape index (κ1) is 21.9. The van der Waals surface area contributed by atoms with E-state index in [1.165, 1.54) is 0 Å². The quantitative estimate of drug-likeness (QED) is 0.794. The molecule has 0 spiro atoms. The number of nitrogens with zero attached hydrogens (tertiary/aromatic N) is 2. The topological polar surface area (TPSA) is 85.1 Å². The van der Waals surface area contributed by atoms with Gasteiger partial charge in [-0.05, 0) is 65.7 Å². The van der Waals surface area contributed by atoms with Crippen LogP contribution in [0.4, 0.5) is 10.5 Å². The van der Waals surface area contributed by atoms with Crippen molar-refractivity contribution in [3.8, 4) is 5.75 Å². The number of likely N-dealkylation sites (tertiary alicyclic amines) is 1. The fourth-order valence-corrected chi connectivity index (χ4v) is 3.16. The second-order valence-corrected chi connectivity index (χ2v) is 8.53. The van der Waals surface area contributed by atoms with Crippen LogP contribution >= 0.6 is 0 Å². The molecule has 1 saturated heterocycles. The summed E-state index contributed by atoms with van der Waals surface area (Å²) in [6, 6.07) is 5.21. The van der Waals surface area contributed by atoms with Crippen LogP contribution < -0.4 is 10.5 Å². The van der Waals surface area contributed by atoms with Crippen LogP contribution in [-0.4, -0.2) is 59.7 Å². The zero-order valence-corrected chi connectivity index (χ0v) is 17.8. The van der Waals surface area contributed by atoms with Gasteiger partial charge >= 0.3 is 6.09 Å². The molecule has 0 saturated carbocycles. The second-order valence-electron chi connectivity index (χ2n) is 8.53. The number of amides is 2. The van der Waals surface area contributed by atoms with E-state index in [9.17, 15) is 9.59 Å². The molecule has 1 aliphatic heterocycles. The molecule has 0 aliphatic carbocycles. The van der Waals surface area contributed by atoms with Crippen molar-refractivity contribution in [2.75, 3.05) is 25.9 Å². The number of ether oxygens (including phenoxy) is 2. The van der Waals surface area contributed by atoms with Crippen molar-refractivity contribution in [3.63, 3.8) is 0 Å². The lowest BCUT2D eigenvalue weighted by Gasteiger charge is -2.37. The maximum Gasteiger partial charge on any atom is 0.410 e. The molecule has 0 radical (unpaired) electrons. The third kappa shape index (κ3) is 5.78. The fourth-order valence-electron chi connectivity index (χ4n) is 3.16. The van der Waals surface area contributed by atoms with Crippen LogP contribution in [0.2, 0.25) is 0 Å². The summed E-state index contributed by atoms with van der Waals surface area (Å²) in [4.78, 5) is 28.5. The van der Waals surface area contributed by atoms with E-state index in [0.29, 0.717) is 42.9 Å². The highest BCUT2D eigenvalue weighted by Crippen LogP contribution is 2.26. The molecule has 2 N–H and O–H groups in total. The standard InChI is InChI=1S/C21H33N3O4/c1-14(2)27-18-8-7-15(13-17(18)22)19(25)24-11-9-16(10-12-24)23(6)20(26)28-21(3,4)5/h7-8,13-14,16H,9-12,22H2,1-6H3. The van der Waals surface area contributed by atoms with Gasteiger partial charge in [0, 0.05) is 31.7 Å². The van der Waals surface area contributed by atoms with Crippen LogP contribution in [0.3, 0.4) is 0 Å². The van der Waals surface area contributed by atoms with E-state index in [1.54, 1.807) is 35.0 Å². The van der Waals surface area contributed by atoms with Gasteiger partial charge in [0.25, 0.3) is 5.91 Å². The summed E-state index contributed by atoms with van der Waals surface area (Å²) in [5.41, 5.74) is 6.51. The van der Waals surface area contributed by atoms with Crippen molar-refractivity contribution in [1.29, 1.82) is 0 Å². The highest BCUT2D eigenvalue weighted by atomic mass is 16.6. The Morgan fingerprint density at radius 3 is 2.32 bits per heavy atom. The number of benzene rings is 1. The largest absolute Gasteiger partial charge is 0.489 e. The number of carbonyl (C=O) groups is 2. The molecule has 1 fully saturated rings. The molecule has 7 heteroatoms. The molecular formula is C21H33N3O4. The van der Waals surface area contributed by atoms with Crippen LogP contribution in [0.1, 0.15) is 57.8 Å². The summed E-state index contributed by atoms with van der Waals surface area (Å²) < 4.78 is 11.1. The van der Waals surface area contributed by atoms with Crippen LogP contribution in [-0.2, 0) is 4.74 Å². The molecule has 156 valence electrons. The lowest BCUT2D eigenvalue weighted by atomic mass is 10.0. The Bertz CT molecular complexity index is 704. The van der Waals surface area contributed by atoms with Crippen LogP contribution in [0, 0.1) is 0 Å². The molecule has 0 unspecified atom stereocenters. The number of hydrogen-bond acceptors (Lipinski definition) is 5. The predicted octanol–water partition coefficient (Wildman–Crippen LogP) is 3.53. The molecule has 0 bridgehead atoms. The Morgan fingerprint density at radius 1 is 1.21 bits per heavy atom. The average molecular weight is 392 g/mol. The third-order valence-electron chi connectivity index (χ3n) is 4.60. The Kier molecular flexibility index (Phi) is 6.80. The molecule has 1 aromatic rings. The van der Waals surface area contributed by atoms with Gasteiger partial charge in [-0.25, -0.2) is 4.79 Å². The molecule has 2 rings (SSSR count). The molecule has 1 aromatic carbocycles. The Morgan fingerprint density at radius 2 is 1.82 bits per heavy atom. The number of hydrogen-bond donors (Lipinski definition) is 1. The first-order chi connectivity index (χ1) is 13.0. The normalized spacial score (nSPS) is 15.5. The van der Waals surface area contributed by atoms with Gasteiger partial charge < -0.3 is 25.0 Å². The summed E-state index contributed by atoms with van der Waals surface area (Å²) in [5.74, 6) is 0.533. The predicted molar refractivity (Wildman–Crippen MR) is 110 cm³/mol. The molecule has 28 heavy (non-hydrogen) atoms. The zero-order valence-electron chi connectivity index (χ0n) is 17.8. The zero-order chi connectivity index (χ0) is 21.1. The molecule has 0 aromatic heterocycles. The third-order valence-corrected chi connectivity index (χ3v) is 4.60. The summed E-state index contributed by atoms with van der Waals surface area (Å²) in [7, 11) is 1.75. The summed E-state index contributed by atoms with van der Waals surface area (Å²) in [5, 5.41) is 0. The van der Waals surface area contributed by atoms with E-state index in [0.717, 1.165) is 0 Å². The maximum atomic E-state index is 12.8. The average Bonchev–Trinajstić information content (AvgIpc) is 2.60. The number of piperidine rings is 1. The number of rotatable bonds is 4. The van der Waals surface area contributed by atoms with E-state index < -0.39 is 5.60 Å². The number of anilines is 1. The molecule has 0 atom stereocenters. The van der Waals surface area contributed by atoms with E-state index in [1.807, 2.05) is 34.6 Å². The van der Waals surface area contributed by atoms with Crippen molar-refractivity contribution < 1.29 is 19.1 Å². The van der Waals surface area contributed by atoms with Gasteiger partial charge in [0.1, 0.15) is 11.4 Å². The number of nitrogens with two attached hydrogens (primary N) is 1. The van der Waals surface area contributed by atoms with Gasteiger partial charge in [0.15, 0.2) is 0 Å². The van der Waals surface area contributed by atoms with Gasteiger partial charge in [-0.3, -0.25) is 4.79 Å². The van der Waals surface area contributed by atoms with E-state index >= 15 is 0 Å². The van der Waals surface area contributed by atoms with Crippen molar-refractivity contribution in [3.05, 3.63) is 23.8 Å². The van der Waals surface area contributed by atoms with E-state index in [4.69, 9.17) is 15.2 Å². The van der Waals surface area contributed by atoms with Crippen LogP contribution in [0.15, 0.2) is 18.2 Å². The van der Waals surface area contributed by atoms with Crippen molar-refractivity contribution in [1.82, 2.24) is 9.80 Å². The van der Waals surface area contributed by atoms with Gasteiger partial charge in [-0.2, -0.15) is 0 Å². The lowest BCUT2D eigenvalue weighted by molar-refractivity contribution is 0.0156. The Balaban J connectivity index is 1.95. The Labute approximate surface area is 167 Å². The fraction of sp³-hybridized carbons (Fsp3) is 0.619. The van der Waals surface area contributed by atoms with Gasteiger partial charge in [-0.1, -0.05) is 0 Å².